The highest BCUT2D eigenvalue weighted by Crippen LogP contribution is 2.25. The lowest BCUT2D eigenvalue weighted by Crippen LogP contribution is -2.34. The van der Waals surface area contributed by atoms with Gasteiger partial charge in [0.25, 0.3) is 0 Å². The predicted molar refractivity (Wildman–Crippen MR) is 78.0 cm³/mol. The van der Waals surface area contributed by atoms with E-state index in [1.807, 2.05) is 13.0 Å². The van der Waals surface area contributed by atoms with E-state index in [9.17, 15) is 8.42 Å². The summed E-state index contributed by atoms with van der Waals surface area (Å²) in [7, 11) is -1.92. The summed E-state index contributed by atoms with van der Waals surface area (Å²) in [5.74, 6) is 0.612. The van der Waals surface area contributed by atoms with Crippen LogP contribution in [-0.2, 0) is 16.6 Å². The van der Waals surface area contributed by atoms with Gasteiger partial charge in [-0.3, -0.25) is 0 Å². The molecule has 1 aliphatic heterocycles. The van der Waals surface area contributed by atoms with Crippen molar-refractivity contribution in [3.05, 3.63) is 35.4 Å². The van der Waals surface area contributed by atoms with Crippen molar-refractivity contribution in [2.75, 3.05) is 20.2 Å². The fourth-order valence-electron chi connectivity index (χ4n) is 2.19. The van der Waals surface area contributed by atoms with Crippen molar-refractivity contribution in [2.24, 2.45) is 5.73 Å². The van der Waals surface area contributed by atoms with Crippen molar-refractivity contribution >= 4 is 10.0 Å². The van der Waals surface area contributed by atoms with Crippen LogP contribution in [0.5, 0.6) is 5.75 Å². The fraction of sp³-hybridized carbons (Fsp3) is 0.429. The molecule has 6 heteroatoms. The van der Waals surface area contributed by atoms with Gasteiger partial charge in [-0.1, -0.05) is 11.6 Å². The summed E-state index contributed by atoms with van der Waals surface area (Å²) >= 11 is 0. The average Bonchev–Trinajstić information content (AvgIpc) is 2.46. The molecule has 5 nitrogen and oxygen atoms in total. The maximum Gasteiger partial charge on any atom is 0.243 e. The smallest absolute Gasteiger partial charge is 0.243 e. The zero-order valence-corrected chi connectivity index (χ0v) is 12.6. The van der Waals surface area contributed by atoms with Crippen LogP contribution in [0.1, 0.15) is 18.9 Å². The third kappa shape index (κ3) is 2.87. The topological polar surface area (TPSA) is 72.6 Å². The van der Waals surface area contributed by atoms with E-state index in [2.05, 4.69) is 0 Å². The Kier molecular flexibility index (Phi) is 4.47. The second kappa shape index (κ2) is 5.95. The molecule has 2 N–H and O–H groups in total. The zero-order chi connectivity index (χ0) is 14.8. The van der Waals surface area contributed by atoms with Crippen molar-refractivity contribution in [3.63, 3.8) is 0 Å². The Hall–Kier alpha value is -1.37. The maximum absolute atomic E-state index is 12.6. The number of hydrogen-bond donors (Lipinski definition) is 1. The fourth-order valence-corrected chi connectivity index (χ4v) is 3.63. The molecule has 20 heavy (non-hydrogen) atoms. The molecular weight excluding hydrogens is 276 g/mol. The first-order valence-electron chi connectivity index (χ1n) is 6.52. The molecule has 0 spiro atoms. The minimum atomic E-state index is -3.47. The van der Waals surface area contributed by atoms with Crippen LogP contribution in [0.4, 0.5) is 0 Å². The summed E-state index contributed by atoms with van der Waals surface area (Å²) in [6.45, 7) is 3.21. The van der Waals surface area contributed by atoms with Gasteiger partial charge >= 0.3 is 0 Å². The number of benzene rings is 1. The number of nitrogens with two attached hydrogens (primary N) is 1. The van der Waals surface area contributed by atoms with Crippen LogP contribution in [0.2, 0.25) is 0 Å². The minimum absolute atomic E-state index is 0.242. The molecule has 0 unspecified atom stereocenters. The molecule has 0 amide bonds. The normalized spacial score (nSPS) is 16.9. The van der Waals surface area contributed by atoms with Crippen molar-refractivity contribution in [3.8, 4) is 5.75 Å². The van der Waals surface area contributed by atoms with Gasteiger partial charge in [0.2, 0.25) is 10.0 Å². The van der Waals surface area contributed by atoms with Crippen LogP contribution >= 0.6 is 0 Å². The third-order valence-electron chi connectivity index (χ3n) is 3.51. The molecule has 1 aromatic carbocycles. The lowest BCUT2D eigenvalue weighted by Gasteiger charge is -2.25. The lowest BCUT2D eigenvalue weighted by molar-refractivity contribution is 0.408. The van der Waals surface area contributed by atoms with Crippen LogP contribution in [-0.4, -0.2) is 32.9 Å². The third-order valence-corrected chi connectivity index (χ3v) is 5.37. The molecule has 110 valence electrons. The van der Waals surface area contributed by atoms with Crippen LogP contribution < -0.4 is 10.5 Å². The Labute approximate surface area is 120 Å². The van der Waals surface area contributed by atoms with Gasteiger partial charge in [0.1, 0.15) is 5.75 Å². The molecule has 0 fully saturated rings. The highest BCUT2D eigenvalue weighted by Gasteiger charge is 2.26. The van der Waals surface area contributed by atoms with Gasteiger partial charge in [-0.2, -0.15) is 4.31 Å². The van der Waals surface area contributed by atoms with Gasteiger partial charge in [-0.25, -0.2) is 8.42 Å². The molecule has 0 aromatic heterocycles. The number of rotatable bonds is 4. The van der Waals surface area contributed by atoms with E-state index in [-0.39, 0.29) is 11.4 Å². The Morgan fingerprint density at radius 1 is 1.40 bits per heavy atom. The first-order chi connectivity index (χ1) is 9.48. The predicted octanol–water partition coefficient (Wildman–Crippen LogP) is 1.49. The van der Waals surface area contributed by atoms with Crippen molar-refractivity contribution < 1.29 is 13.2 Å². The molecule has 0 atom stereocenters. The number of ether oxygens (including phenoxy) is 1. The Morgan fingerprint density at radius 2 is 2.15 bits per heavy atom. The second-order valence-electron chi connectivity index (χ2n) is 4.84. The first kappa shape index (κ1) is 15.0. The quantitative estimate of drug-likeness (QED) is 0.855. The number of methoxy groups -OCH3 is 1. The largest absolute Gasteiger partial charge is 0.496 e. The monoisotopic (exact) mass is 296 g/mol. The van der Waals surface area contributed by atoms with Crippen LogP contribution in [0, 0.1) is 0 Å². The molecule has 0 radical (unpaired) electrons. The standard InChI is InChI=1S/C14H20N2O3S/c1-11-5-7-16(8-6-11)20(17,18)13-3-4-14(19-2)12(9-13)10-15/h3-5,9H,6-8,10,15H2,1-2H3. The van der Waals surface area contributed by atoms with Gasteiger partial charge in [-0.15, -0.1) is 0 Å². The summed E-state index contributed by atoms with van der Waals surface area (Å²) in [5.41, 5.74) is 7.56. The Balaban J connectivity index is 2.35. The molecular formula is C14H20N2O3S. The van der Waals surface area contributed by atoms with Gasteiger partial charge in [0.05, 0.1) is 12.0 Å². The molecule has 0 saturated heterocycles. The highest BCUT2D eigenvalue weighted by molar-refractivity contribution is 7.89. The Bertz CT molecular complexity index is 623. The highest BCUT2D eigenvalue weighted by atomic mass is 32.2. The molecule has 1 heterocycles. The number of sulfonamides is 1. The average molecular weight is 296 g/mol. The lowest BCUT2D eigenvalue weighted by atomic mass is 10.1. The van der Waals surface area contributed by atoms with Gasteiger partial charge in [0.15, 0.2) is 0 Å². The van der Waals surface area contributed by atoms with Crippen LogP contribution in [0.25, 0.3) is 0 Å². The van der Waals surface area contributed by atoms with Crippen molar-refractivity contribution in [2.45, 2.75) is 24.8 Å². The van der Waals surface area contributed by atoms with Crippen molar-refractivity contribution in [1.82, 2.24) is 4.31 Å². The van der Waals surface area contributed by atoms with Crippen molar-refractivity contribution in [1.29, 1.82) is 0 Å². The molecule has 0 bridgehead atoms. The number of nitrogens with zero attached hydrogens (tertiary/aromatic N) is 1. The summed E-state index contributed by atoms with van der Waals surface area (Å²) in [6, 6.07) is 4.82. The summed E-state index contributed by atoms with van der Waals surface area (Å²) in [6.07, 6.45) is 2.73. The minimum Gasteiger partial charge on any atom is -0.496 e. The zero-order valence-electron chi connectivity index (χ0n) is 11.8. The van der Waals surface area contributed by atoms with Gasteiger partial charge < -0.3 is 10.5 Å². The van der Waals surface area contributed by atoms with Gasteiger partial charge in [0, 0.05) is 25.2 Å². The molecule has 0 saturated carbocycles. The molecule has 0 aliphatic carbocycles. The summed E-state index contributed by atoms with van der Waals surface area (Å²) < 4.78 is 31.8. The summed E-state index contributed by atoms with van der Waals surface area (Å²) in [5, 5.41) is 0. The molecule has 2 rings (SSSR count). The molecule has 1 aromatic rings. The van der Waals surface area contributed by atoms with E-state index in [1.54, 1.807) is 25.3 Å². The SMILES string of the molecule is COc1ccc(S(=O)(=O)N2CC=C(C)CC2)cc1CN. The number of hydrogen-bond acceptors (Lipinski definition) is 4. The second-order valence-corrected chi connectivity index (χ2v) is 6.78. The van der Waals surface area contributed by atoms with E-state index in [0.717, 1.165) is 6.42 Å². The van der Waals surface area contributed by atoms with E-state index in [0.29, 0.717) is 24.4 Å². The van der Waals surface area contributed by atoms with Crippen LogP contribution in [0.3, 0.4) is 0 Å². The van der Waals surface area contributed by atoms with E-state index >= 15 is 0 Å². The molecule has 1 aliphatic rings. The van der Waals surface area contributed by atoms with E-state index < -0.39 is 10.0 Å². The van der Waals surface area contributed by atoms with Gasteiger partial charge in [-0.05, 0) is 31.5 Å². The van der Waals surface area contributed by atoms with E-state index in [1.165, 1.54) is 9.88 Å². The maximum atomic E-state index is 12.6. The van der Waals surface area contributed by atoms with Crippen LogP contribution in [0.15, 0.2) is 34.7 Å². The summed E-state index contributed by atoms with van der Waals surface area (Å²) in [4.78, 5) is 0.270. The first-order valence-corrected chi connectivity index (χ1v) is 7.96. The Morgan fingerprint density at radius 3 is 2.70 bits per heavy atom. The van der Waals surface area contributed by atoms with E-state index in [4.69, 9.17) is 10.5 Å².